The van der Waals surface area contributed by atoms with Gasteiger partial charge in [-0.15, -0.1) is 12.4 Å². The predicted molar refractivity (Wildman–Crippen MR) is 60.6 cm³/mol. The van der Waals surface area contributed by atoms with Crippen LogP contribution in [0.3, 0.4) is 0 Å². The van der Waals surface area contributed by atoms with Crippen molar-refractivity contribution in [1.82, 2.24) is 4.98 Å². The topological polar surface area (TPSA) is 65.2 Å². The normalized spacial score (nSPS) is 10.7. The second kappa shape index (κ2) is 6.55. The monoisotopic (exact) mass is 284 g/mol. The molecule has 0 aliphatic rings. The van der Waals surface area contributed by atoms with Crippen LogP contribution in [0.1, 0.15) is 21.6 Å². The summed E-state index contributed by atoms with van der Waals surface area (Å²) in [5.41, 5.74) is 4.42. The van der Waals surface area contributed by atoms with Crippen LogP contribution in [0.2, 0.25) is 0 Å². The second-order valence-electron chi connectivity index (χ2n) is 3.25. The van der Waals surface area contributed by atoms with Crippen LogP contribution in [0.15, 0.2) is 12.3 Å². The third kappa shape index (κ3) is 3.85. The highest BCUT2D eigenvalue weighted by atomic mass is 35.5. The summed E-state index contributed by atoms with van der Waals surface area (Å²) in [5, 5.41) is 0. The molecule has 0 bridgehead atoms. The summed E-state index contributed by atoms with van der Waals surface area (Å²) in [6.07, 6.45) is -3.53. The Morgan fingerprint density at radius 1 is 1.50 bits per heavy atom. The van der Waals surface area contributed by atoms with Gasteiger partial charge in [0.15, 0.2) is 0 Å². The lowest BCUT2D eigenvalue weighted by Gasteiger charge is -2.10. The molecule has 8 heteroatoms. The van der Waals surface area contributed by atoms with Crippen molar-refractivity contribution in [1.29, 1.82) is 0 Å². The van der Waals surface area contributed by atoms with E-state index >= 15 is 0 Å². The van der Waals surface area contributed by atoms with Gasteiger partial charge in [-0.2, -0.15) is 13.2 Å². The Hall–Kier alpha value is -1.34. The van der Waals surface area contributed by atoms with E-state index in [1.807, 2.05) is 0 Å². The van der Waals surface area contributed by atoms with Crippen molar-refractivity contribution in [3.63, 3.8) is 0 Å². The van der Waals surface area contributed by atoms with Gasteiger partial charge in [0, 0.05) is 6.20 Å². The Morgan fingerprint density at radius 3 is 2.56 bits per heavy atom. The van der Waals surface area contributed by atoms with Crippen molar-refractivity contribution in [2.45, 2.75) is 12.6 Å². The molecule has 0 aliphatic heterocycles. The van der Waals surface area contributed by atoms with E-state index in [0.29, 0.717) is 0 Å². The maximum Gasteiger partial charge on any atom is 0.433 e. The van der Waals surface area contributed by atoms with Crippen LogP contribution < -0.4 is 5.73 Å². The second-order valence-corrected chi connectivity index (χ2v) is 3.25. The van der Waals surface area contributed by atoms with Crippen LogP contribution in [0.5, 0.6) is 0 Å². The first-order valence-corrected chi connectivity index (χ1v) is 4.74. The summed E-state index contributed by atoms with van der Waals surface area (Å²) in [7, 11) is 1.15. The van der Waals surface area contributed by atoms with Gasteiger partial charge < -0.3 is 10.5 Å². The van der Waals surface area contributed by atoms with Gasteiger partial charge in [-0.1, -0.05) is 0 Å². The number of ether oxygens (including phenoxy) is 1. The van der Waals surface area contributed by atoms with Gasteiger partial charge >= 0.3 is 12.1 Å². The Morgan fingerprint density at radius 2 is 2.11 bits per heavy atom. The maximum atomic E-state index is 12.4. The molecule has 102 valence electrons. The van der Waals surface area contributed by atoms with Crippen molar-refractivity contribution in [2.24, 2.45) is 5.73 Å². The van der Waals surface area contributed by atoms with Gasteiger partial charge in [0.05, 0.1) is 12.7 Å². The van der Waals surface area contributed by atoms with Crippen LogP contribution in [-0.2, 0) is 17.3 Å². The molecule has 1 aromatic rings. The molecule has 0 amide bonds. The minimum atomic E-state index is -4.54. The zero-order valence-corrected chi connectivity index (χ0v) is 10.3. The summed E-state index contributed by atoms with van der Waals surface area (Å²) < 4.78 is 41.7. The molecular formula is C10H12ClF3N2O2. The first kappa shape index (κ1) is 16.7. The first-order valence-electron chi connectivity index (χ1n) is 4.74. The van der Waals surface area contributed by atoms with E-state index in [1.165, 1.54) is 0 Å². The van der Waals surface area contributed by atoms with E-state index in [4.69, 9.17) is 5.73 Å². The maximum absolute atomic E-state index is 12.4. The number of nitrogens with two attached hydrogens (primary N) is 1. The number of nitrogens with zero attached hydrogens (tertiary/aromatic N) is 1. The number of carbonyl (C=O) groups is 1. The van der Waals surface area contributed by atoms with E-state index < -0.39 is 17.8 Å². The van der Waals surface area contributed by atoms with Crippen molar-refractivity contribution in [2.75, 3.05) is 13.7 Å². The molecule has 1 rings (SSSR count). The summed E-state index contributed by atoms with van der Waals surface area (Å²) >= 11 is 0. The molecule has 0 aliphatic carbocycles. The zero-order chi connectivity index (χ0) is 13.1. The summed E-state index contributed by atoms with van der Waals surface area (Å²) in [6, 6.07) is 0.819. The van der Waals surface area contributed by atoms with Crippen LogP contribution in [0.25, 0.3) is 0 Å². The Bertz CT molecular complexity index is 424. The molecule has 0 atom stereocenters. The highest BCUT2D eigenvalue weighted by molar-refractivity contribution is 5.90. The number of carbonyl (C=O) groups excluding carboxylic acids is 1. The fourth-order valence-electron chi connectivity index (χ4n) is 1.31. The Kier molecular flexibility index (Phi) is 6.07. The lowest BCUT2D eigenvalue weighted by molar-refractivity contribution is -0.141. The zero-order valence-electron chi connectivity index (χ0n) is 9.45. The molecule has 0 saturated heterocycles. The third-order valence-electron chi connectivity index (χ3n) is 2.10. The summed E-state index contributed by atoms with van der Waals surface area (Å²) in [4.78, 5) is 14.5. The van der Waals surface area contributed by atoms with E-state index in [1.54, 1.807) is 0 Å². The number of rotatable bonds is 3. The van der Waals surface area contributed by atoms with Crippen molar-refractivity contribution < 1.29 is 22.7 Å². The van der Waals surface area contributed by atoms with E-state index in [-0.39, 0.29) is 36.5 Å². The van der Waals surface area contributed by atoms with Crippen molar-refractivity contribution >= 4 is 18.4 Å². The Balaban J connectivity index is 0.00000289. The highest BCUT2D eigenvalue weighted by Gasteiger charge is 2.33. The summed E-state index contributed by atoms with van der Waals surface area (Å²) in [5.74, 6) is -0.727. The van der Waals surface area contributed by atoms with Crippen LogP contribution in [0.4, 0.5) is 13.2 Å². The molecule has 0 aromatic carbocycles. The molecule has 1 heterocycles. The minimum absolute atomic E-state index is 0. The number of alkyl halides is 3. The predicted octanol–water partition coefficient (Wildman–Crippen LogP) is 1.81. The van der Waals surface area contributed by atoms with Gasteiger partial charge in [-0.05, 0) is 24.6 Å². The SMILES string of the molecule is COC(=O)c1cnc(C(F)(F)F)cc1CCN.Cl. The number of esters is 1. The smallest absolute Gasteiger partial charge is 0.433 e. The highest BCUT2D eigenvalue weighted by Crippen LogP contribution is 2.28. The quantitative estimate of drug-likeness (QED) is 0.860. The van der Waals surface area contributed by atoms with Crippen LogP contribution in [-0.4, -0.2) is 24.6 Å². The van der Waals surface area contributed by atoms with Gasteiger partial charge in [0.2, 0.25) is 0 Å². The lowest BCUT2D eigenvalue weighted by Crippen LogP contribution is -2.15. The molecule has 4 nitrogen and oxygen atoms in total. The van der Waals surface area contributed by atoms with Gasteiger partial charge in [0.25, 0.3) is 0 Å². The van der Waals surface area contributed by atoms with E-state index in [2.05, 4.69) is 9.72 Å². The molecule has 0 unspecified atom stereocenters. The molecule has 0 spiro atoms. The van der Waals surface area contributed by atoms with Gasteiger partial charge in [0.1, 0.15) is 5.69 Å². The number of hydrogen-bond acceptors (Lipinski definition) is 4. The molecular weight excluding hydrogens is 273 g/mol. The Labute approximate surface area is 108 Å². The van der Waals surface area contributed by atoms with Crippen LogP contribution in [0, 0.1) is 0 Å². The third-order valence-corrected chi connectivity index (χ3v) is 2.10. The number of pyridine rings is 1. The van der Waals surface area contributed by atoms with Crippen LogP contribution >= 0.6 is 12.4 Å². The van der Waals surface area contributed by atoms with Crippen molar-refractivity contribution in [3.8, 4) is 0 Å². The number of aromatic nitrogens is 1. The largest absolute Gasteiger partial charge is 0.465 e. The van der Waals surface area contributed by atoms with E-state index in [0.717, 1.165) is 19.4 Å². The summed E-state index contributed by atoms with van der Waals surface area (Å²) in [6.45, 7) is 0.130. The van der Waals surface area contributed by atoms with Gasteiger partial charge in [-0.25, -0.2) is 4.79 Å². The van der Waals surface area contributed by atoms with E-state index in [9.17, 15) is 18.0 Å². The lowest BCUT2D eigenvalue weighted by atomic mass is 10.1. The fraction of sp³-hybridized carbons (Fsp3) is 0.400. The molecule has 2 N–H and O–H groups in total. The number of hydrogen-bond donors (Lipinski definition) is 1. The molecule has 18 heavy (non-hydrogen) atoms. The minimum Gasteiger partial charge on any atom is -0.465 e. The van der Waals surface area contributed by atoms with Crippen molar-refractivity contribution in [3.05, 3.63) is 29.1 Å². The molecule has 1 aromatic heterocycles. The average Bonchev–Trinajstić information content (AvgIpc) is 2.27. The number of methoxy groups -OCH3 is 1. The average molecular weight is 285 g/mol. The molecule has 0 fully saturated rings. The standard InChI is InChI=1S/C10H11F3N2O2.ClH/c1-17-9(16)7-5-15-8(10(11,12)13)4-6(7)2-3-14;/h4-5H,2-3,14H2,1H3;1H. The number of halogens is 4. The molecule has 0 saturated carbocycles. The van der Waals surface area contributed by atoms with Gasteiger partial charge in [-0.3, -0.25) is 4.98 Å². The first-order chi connectivity index (χ1) is 7.90. The molecule has 0 radical (unpaired) electrons. The fourth-order valence-corrected chi connectivity index (χ4v) is 1.31.